The van der Waals surface area contributed by atoms with Gasteiger partial charge < -0.3 is 9.84 Å². The van der Waals surface area contributed by atoms with Crippen molar-refractivity contribution < 1.29 is 9.84 Å². The molecular weight excluding hydrogens is 220 g/mol. The average molecular weight is 231 g/mol. The molecule has 2 nitrogen and oxygen atoms in total. The van der Waals surface area contributed by atoms with Crippen LogP contribution in [0, 0.1) is 0 Å². The van der Waals surface area contributed by atoms with Gasteiger partial charge in [-0.2, -0.15) is 0 Å². The SMILES string of the molecule is CC(C)Oc1cc(O)ccc1Br. The van der Waals surface area contributed by atoms with E-state index in [9.17, 15) is 0 Å². The monoisotopic (exact) mass is 230 g/mol. The Morgan fingerprint density at radius 2 is 2.08 bits per heavy atom. The Hall–Kier alpha value is -0.700. The molecule has 0 unspecified atom stereocenters. The maximum Gasteiger partial charge on any atom is 0.137 e. The number of phenols is 1. The lowest BCUT2D eigenvalue weighted by molar-refractivity contribution is 0.240. The first-order chi connectivity index (χ1) is 5.59. The van der Waals surface area contributed by atoms with Gasteiger partial charge in [0.15, 0.2) is 0 Å². The molecule has 0 heterocycles. The van der Waals surface area contributed by atoms with Gasteiger partial charge >= 0.3 is 0 Å². The van der Waals surface area contributed by atoms with Crippen LogP contribution >= 0.6 is 15.9 Å². The highest BCUT2D eigenvalue weighted by Crippen LogP contribution is 2.29. The van der Waals surface area contributed by atoms with E-state index >= 15 is 0 Å². The summed E-state index contributed by atoms with van der Waals surface area (Å²) in [6, 6.07) is 4.95. The van der Waals surface area contributed by atoms with Gasteiger partial charge in [-0.1, -0.05) is 0 Å². The topological polar surface area (TPSA) is 29.5 Å². The van der Waals surface area contributed by atoms with Gasteiger partial charge in [0.1, 0.15) is 11.5 Å². The van der Waals surface area contributed by atoms with E-state index in [1.165, 1.54) is 0 Å². The molecule has 0 aliphatic carbocycles. The van der Waals surface area contributed by atoms with Crippen molar-refractivity contribution in [1.29, 1.82) is 0 Å². The van der Waals surface area contributed by atoms with Crippen LogP contribution < -0.4 is 4.74 Å². The van der Waals surface area contributed by atoms with Crippen molar-refractivity contribution in [2.24, 2.45) is 0 Å². The Morgan fingerprint density at radius 1 is 1.42 bits per heavy atom. The number of hydrogen-bond donors (Lipinski definition) is 1. The normalized spacial score (nSPS) is 10.3. The zero-order chi connectivity index (χ0) is 9.14. The summed E-state index contributed by atoms with van der Waals surface area (Å²) in [4.78, 5) is 0. The van der Waals surface area contributed by atoms with E-state index in [-0.39, 0.29) is 11.9 Å². The molecule has 3 heteroatoms. The van der Waals surface area contributed by atoms with Crippen LogP contribution in [0.4, 0.5) is 0 Å². The third-order valence-corrected chi connectivity index (χ3v) is 1.93. The molecule has 0 atom stereocenters. The number of hydrogen-bond acceptors (Lipinski definition) is 2. The maximum absolute atomic E-state index is 9.15. The molecule has 0 fully saturated rings. The van der Waals surface area contributed by atoms with Crippen LogP contribution in [0.3, 0.4) is 0 Å². The molecule has 66 valence electrons. The minimum atomic E-state index is 0.114. The quantitative estimate of drug-likeness (QED) is 0.847. The van der Waals surface area contributed by atoms with Crippen LogP contribution in [0.1, 0.15) is 13.8 Å². The van der Waals surface area contributed by atoms with Gasteiger partial charge in [0, 0.05) is 6.07 Å². The van der Waals surface area contributed by atoms with Gasteiger partial charge in [0.05, 0.1) is 10.6 Å². The number of halogens is 1. The molecule has 1 aromatic rings. The Bertz CT molecular complexity index is 271. The lowest BCUT2D eigenvalue weighted by Crippen LogP contribution is -2.05. The Morgan fingerprint density at radius 3 is 2.67 bits per heavy atom. The molecule has 0 aliphatic heterocycles. The maximum atomic E-state index is 9.15. The van der Waals surface area contributed by atoms with E-state index in [1.54, 1.807) is 18.2 Å². The first-order valence-corrected chi connectivity index (χ1v) is 4.54. The van der Waals surface area contributed by atoms with E-state index < -0.39 is 0 Å². The summed E-state index contributed by atoms with van der Waals surface area (Å²) in [5.41, 5.74) is 0. The van der Waals surface area contributed by atoms with Crippen molar-refractivity contribution in [2.45, 2.75) is 20.0 Å². The fourth-order valence-corrected chi connectivity index (χ4v) is 1.18. The first-order valence-electron chi connectivity index (χ1n) is 3.75. The second-order valence-corrected chi connectivity index (χ2v) is 3.64. The van der Waals surface area contributed by atoms with Crippen molar-refractivity contribution in [3.8, 4) is 11.5 Å². The summed E-state index contributed by atoms with van der Waals surface area (Å²) in [6.07, 6.45) is 0.114. The Kier molecular flexibility index (Phi) is 2.98. The van der Waals surface area contributed by atoms with E-state index in [4.69, 9.17) is 9.84 Å². The molecule has 1 rings (SSSR count). The van der Waals surface area contributed by atoms with Crippen LogP contribution in [0.15, 0.2) is 22.7 Å². The molecular formula is C9H11BrO2. The first kappa shape index (κ1) is 9.39. The van der Waals surface area contributed by atoms with Crippen molar-refractivity contribution in [3.05, 3.63) is 22.7 Å². The van der Waals surface area contributed by atoms with Crippen LogP contribution in [-0.2, 0) is 0 Å². The van der Waals surface area contributed by atoms with Crippen molar-refractivity contribution in [3.63, 3.8) is 0 Å². The van der Waals surface area contributed by atoms with Gasteiger partial charge in [-0.05, 0) is 41.9 Å². The minimum absolute atomic E-state index is 0.114. The summed E-state index contributed by atoms with van der Waals surface area (Å²) in [5, 5.41) is 9.15. The van der Waals surface area contributed by atoms with Crippen LogP contribution in [0.5, 0.6) is 11.5 Å². The second-order valence-electron chi connectivity index (χ2n) is 2.78. The summed E-state index contributed by atoms with van der Waals surface area (Å²) in [7, 11) is 0. The number of ether oxygens (including phenoxy) is 1. The summed E-state index contributed by atoms with van der Waals surface area (Å²) in [5.74, 6) is 0.888. The number of rotatable bonds is 2. The largest absolute Gasteiger partial charge is 0.508 e. The molecule has 0 aromatic heterocycles. The van der Waals surface area contributed by atoms with Gasteiger partial charge in [-0.15, -0.1) is 0 Å². The van der Waals surface area contributed by atoms with Gasteiger partial charge in [-0.3, -0.25) is 0 Å². The van der Waals surface area contributed by atoms with E-state index in [1.807, 2.05) is 13.8 Å². The van der Waals surface area contributed by atoms with Gasteiger partial charge in [-0.25, -0.2) is 0 Å². The lowest BCUT2D eigenvalue weighted by atomic mass is 10.3. The molecule has 0 spiro atoms. The molecule has 1 N–H and O–H groups in total. The number of aromatic hydroxyl groups is 1. The van der Waals surface area contributed by atoms with Crippen molar-refractivity contribution in [1.82, 2.24) is 0 Å². The predicted octanol–water partition coefficient (Wildman–Crippen LogP) is 2.94. The van der Waals surface area contributed by atoms with Gasteiger partial charge in [0.2, 0.25) is 0 Å². The highest BCUT2D eigenvalue weighted by molar-refractivity contribution is 9.10. The summed E-state index contributed by atoms with van der Waals surface area (Å²) in [6.45, 7) is 3.88. The second kappa shape index (κ2) is 3.81. The Balaban J connectivity index is 2.90. The molecule has 0 aliphatic rings. The molecule has 0 saturated heterocycles. The highest BCUT2D eigenvalue weighted by atomic mass is 79.9. The zero-order valence-electron chi connectivity index (χ0n) is 7.04. The Labute approximate surface area is 80.3 Å². The van der Waals surface area contributed by atoms with Crippen molar-refractivity contribution >= 4 is 15.9 Å². The third-order valence-electron chi connectivity index (χ3n) is 1.28. The lowest BCUT2D eigenvalue weighted by Gasteiger charge is -2.11. The minimum Gasteiger partial charge on any atom is -0.508 e. The molecule has 0 amide bonds. The van der Waals surface area contributed by atoms with E-state index in [0.29, 0.717) is 5.75 Å². The number of benzene rings is 1. The smallest absolute Gasteiger partial charge is 0.137 e. The molecule has 0 bridgehead atoms. The molecule has 12 heavy (non-hydrogen) atoms. The standard InChI is InChI=1S/C9H11BrO2/c1-6(2)12-9-5-7(11)3-4-8(9)10/h3-6,11H,1-2H3. The van der Waals surface area contributed by atoms with Gasteiger partial charge in [0.25, 0.3) is 0 Å². The third kappa shape index (κ3) is 2.41. The van der Waals surface area contributed by atoms with E-state index in [2.05, 4.69) is 15.9 Å². The van der Waals surface area contributed by atoms with Crippen LogP contribution in [0.2, 0.25) is 0 Å². The number of phenolic OH excluding ortho intramolecular Hbond substituents is 1. The summed E-state index contributed by atoms with van der Waals surface area (Å²) >= 11 is 3.32. The van der Waals surface area contributed by atoms with Crippen LogP contribution in [0.25, 0.3) is 0 Å². The fraction of sp³-hybridized carbons (Fsp3) is 0.333. The molecule has 0 radical (unpaired) electrons. The fourth-order valence-electron chi connectivity index (χ4n) is 0.836. The van der Waals surface area contributed by atoms with E-state index in [0.717, 1.165) is 4.47 Å². The predicted molar refractivity (Wildman–Crippen MR) is 51.6 cm³/mol. The van der Waals surface area contributed by atoms with Crippen molar-refractivity contribution in [2.75, 3.05) is 0 Å². The zero-order valence-corrected chi connectivity index (χ0v) is 8.63. The van der Waals surface area contributed by atoms with Crippen LogP contribution in [-0.4, -0.2) is 11.2 Å². The summed E-state index contributed by atoms with van der Waals surface area (Å²) < 4.78 is 6.27. The molecule has 1 aromatic carbocycles. The highest BCUT2D eigenvalue weighted by Gasteiger charge is 2.03. The molecule has 0 saturated carbocycles. The average Bonchev–Trinajstić information content (AvgIpc) is 1.96.